The van der Waals surface area contributed by atoms with Gasteiger partial charge in [-0.05, 0) is 42.8 Å². The predicted octanol–water partition coefficient (Wildman–Crippen LogP) is 3.14. The number of fused-ring (bicyclic) bond motifs is 1. The van der Waals surface area contributed by atoms with Crippen LogP contribution in [0, 0.1) is 0 Å². The van der Waals surface area contributed by atoms with Gasteiger partial charge < -0.3 is 19.7 Å². The first-order chi connectivity index (χ1) is 13.0. The van der Waals surface area contributed by atoms with Gasteiger partial charge in [0, 0.05) is 29.7 Å². The van der Waals surface area contributed by atoms with E-state index in [9.17, 15) is 9.59 Å². The van der Waals surface area contributed by atoms with Crippen LogP contribution in [0.4, 0.5) is 5.69 Å². The van der Waals surface area contributed by atoms with Crippen molar-refractivity contribution < 1.29 is 19.1 Å². The summed E-state index contributed by atoms with van der Waals surface area (Å²) < 4.78 is 10.9. The Morgan fingerprint density at radius 3 is 2.85 bits per heavy atom. The topological polar surface area (TPSA) is 67.9 Å². The Morgan fingerprint density at radius 1 is 1.30 bits per heavy atom. The van der Waals surface area contributed by atoms with Crippen molar-refractivity contribution in [2.75, 3.05) is 25.5 Å². The number of hydrogen-bond acceptors (Lipinski definition) is 4. The predicted molar refractivity (Wildman–Crippen MR) is 103 cm³/mol. The molecule has 1 aliphatic rings. The van der Waals surface area contributed by atoms with Crippen molar-refractivity contribution in [3.63, 3.8) is 0 Å². The summed E-state index contributed by atoms with van der Waals surface area (Å²) >= 11 is 6.00. The number of anilines is 1. The molecular formula is C20H21ClN2O4. The van der Waals surface area contributed by atoms with Gasteiger partial charge in [-0.1, -0.05) is 17.7 Å². The van der Waals surface area contributed by atoms with Crippen molar-refractivity contribution in [3.05, 3.63) is 53.1 Å². The van der Waals surface area contributed by atoms with Crippen LogP contribution >= 0.6 is 11.6 Å². The van der Waals surface area contributed by atoms with Gasteiger partial charge >= 0.3 is 0 Å². The molecule has 0 aromatic heterocycles. The van der Waals surface area contributed by atoms with Crippen molar-refractivity contribution in [1.82, 2.24) is 4.90 Å². The molecule has 6 nitrogen and oxygen atoms in total. The summed E-state index contributed by atoms with van der Waals surface area (Å²) in [4.78, 5) is 26.6. The van der Waals surface area contributed by atoms with Gasteiger partial charge in [0.25, 0.3) is 5.91 Å². The van der Waals surface area contributed by atoms with E-state index >= 15 is 0 Å². The maximum atomic E-state index is 12.8. The summed E-state index contributed by atoms with van der Waals surface area (Å²) in [5.74, 6) is 0.810. The van der Waals surface area contributed by atoms with E-state index in [2.05, 4.69) is 5.32 Å². The molecule has 0 saturated heterocycles. The molecular weight excluding hydrogens is 368 g/mol. The van der Waals surface area contributed by atoms with Crippen LogP contribution in [0.5, 0.6) is 11.5 Å². The van der Waals surface area contributed by atoms with E-state index in [1.807, 2.05) is 6.92 Å². The lowest BCUT2D eigenvalue weighted by molar-refractivity contribution is -0.140. The Kier molecular flexibility index (Phi) is 5.86. The van der Waals surface area contributed by atoms with Crippen LogP contribution in [-0.2, 0) is 16.0 Å². The minimum atomic E-state index is -0.636. The highest BCUT2D eigenvalue weighted by molar-refractivity contribution is 6.30. The molecule has 7 heteroatoms. The summed E-state index contributed by atoms with van der Waals surface area (Å²) in [5, 5.41) is 3.39. The molecule has 0 bridgehead atoms. The van der Waals surface area contributed by atoms with Crippen LogP contribution in [-0.4, -0.2) is 43.0 Å². The molecule has 142 valence electrons. The van der Waals surface area contributed by atoms with Gasteiger partial charge in [-0.2, -0.15) is 0 Å². The monoisotopic (exact) mass is 388 g/mol. The van der Waals surface area contributed by atoms with Gasteiger partial charge in [-0.3, -0.25) is 9.59 Å². The zero-order chi connectivity index (χ0) is 19.4. The zero-order valence-electron chi connectivity index (χ0n) is 15.2. The third-order valence-electron chi connectivity index (χ3n) is 4.35. The highest BCUT2D eigenvalue weighted by Gasteiger charge is 2.32. The molecule has 1 unspecified atom stereocenters. The highest BCUT2D eigenvalue weighted by atomic mass is 35.5. The zero-order valence-corrected chi connectivity index (χ0v) is 16.0. The highest BCUT2D eigenvalue weighted by Crippen LogP contribution is 2.31. The number of ether oxygens (including phenoxy) is 2. The van der Waals surface area contributed by atoms with Crippen LogP contribution in [0.3, 0.4) is 0 Å². The van der Waals surface area contributed by atoms with Gasteiger partial charge in [0.2, 0.25) is 5.91 Å². The van der Waals surface area contributed by atoms with E-state index < -0.39 is 6.10 Å². The van der Waals surface area contributed by atoms with Gasteiger partial charge in [0.1, 0.15) is 11.5 Å². The van der Waals surface area contributed by atoms with Crippen molar-refractivity contribution >= 4 is 29.1 Å². The maximum Gasteiger partial charge on any atom is 0.264 e. The summed E-state index contributed by atoms with van der Waals surface area (Å²) in [7, 11) is 1.56. The number of nitrogens with zero attached hydrogens (tertiary/aromatic N) is 1. The van der Waals surface area contributed by atoms with E-state index in [-0.39, 0.29) is 18.4 Å². The quantitative estimate of drug-likeness (QED) is 0.825. The number of carbonyl (C=O) groups excluding carboxylic acids is 2. The molecule has 2 amide bonds. The van der Waals surface area contributed by atoms with Gasteiger partial charge in [-0.15, -0.1) is 0 Å². The normalized spacial score (nSPS) is 14.9. The van der Waals surface area contributed by atoms with Crippen LogP contribution in [0.25, 0.3) is 0 Å². The third kappa shape index (κ3) is 4.52. The molecule has 0 fully saturated rings. The molecule has 0 spiro atoms. The van der Waals surface area contributed by atoms with Crippen molar-refractivity contribution in [3.8, 4) is 11.5 Å². The number of rotatable bonds is 6. The minimum Gasteiger partial charge on any atom is -0.497 e. The first-order valence-corrected chi connectivity index (χ1v) is 9.05. The Balaban J connectivity index is 1.61. The summed E-state index contributed by atoms with van der Waals surface area (Å²) in [6, 6.07) is 12.3. The van der Waals surface area contributed by atoms with E-state index in [1.165, 1.54) is 4.90 Å². The molecule has 0 radical (unpaired) electrons. The number of methoxy groups -OCH3 is 1. The molecule has 3 rings (SSSR count). The molecule has 0 saturated carbocycles. The van der Waals surface area contributed by atoms with E-state index in [1.54, 1.807) is 49.6 Å². The third-order valence-corrected chi connectivity index (χ3v) is 4.59. The molecule has 2 aromatic rings. The lowest BCUT2D eigenvalue weighted by atomic mass is 10.1. The summed E-state index contributed by atoms with van der Waals surface area (Å²) in [5.41, 5.74) is 1.51. The number of hydrogen-bond donors (Lipinski definition) is 1. The fraction of sp³-hybridized carbons (Fsp3) is 0.300. The first kappa shape index (κ1) is 19.0. The fourth-order valence-corrected chi connectivity index (χ4v) is 3.17. The maximum absolute atomic E-state index is 12.8. The first-order valence-electron chi connectivity index (χ1n) is 8.68. The Morgan fingerprint density at radius 2 is 2.11 bits per heavy atom. The smallest absolute Gasteiger partial charge is 0.264 e. The molecule has 2 aromatic carbocycles. The van der Waals surface area contributed by atoms with Gasteiger partial charge in [-0.25, -0.2) is 0 Å². The van der Waals surface area contributed by atoms with Crippen molar-refractivity contribution in [1.29, 1.82) is 0 Å². The average molecular weight is 389 g/mol. The second-order valence-corrected chi connectivity index (χ2v) is 6.63. The average Bonchev–Trinajstić information content (AvgIpc) is 3.08. The lowest BCUT2D eigenvalue weighted by Crippen LogP contribution is -2.44. The molecule has 0 aliphatic carbocycles. The Labute approximate surface area is 163 Å². The molecule has 1 heterocycles. The van der Waals surface area contributed by atoms with E-state index in [0.717, 1.165) is 5.56 Å². The lowest BCUT2D eigenvalue weighted by Gasteiger charge is -2.23. The second kappa shape index (κ2) is 8.31. The Bertz CT molecular complexity index is 856. The molecule has 1 N–H and O–H groups in total. The molecule has 1 atom stereocenters. The number of halogens is 1. The van der Waals surface area contributed by atoms with Gasteiger partial charge in [0.15, 0.2) is 6.10 Å². The molecule has 27 heavy (non-hydrogen) atoms. The Hall–Kier alpha value is -2.73. The number of amides is 2. The van der Waals surface area contributed by atoms with Crippen LogP contribution in [0.15, 0.2) is 42.5 Å². The largest absolute Gasteiger partial charge is 0.497 e. The number of nitrogens with one attached hydrogen (secondary N) is 1. The number of benzene rings is 2. The van der Waals surface area contributed by atoms with Crippen LogP contribution in [0.2, 0.25) is 5.02 Å². The van der Waals surface area contributed by atoms with Crippen molar-refractivity contribution in [2.45, 2.75) is 19.4 Å². The number of carbonyl (C=O) groups is 2. The standard InChI is InChI=1S/C20H21ClN2O4/c1-3-23(12-19(24)22-15-5-4-6-16(11-15)26-2)20(25)18-10-13-9-14(21)7-8-17(13)27-18/h4-9,11,18H,3,10,12H2,1-2H3,(H,22,24). The summed E-state index contributed by atoms with van der Waals surface area (Å²) in [6.07, 6.45) is -0.189. The molecule has 1 aliphatic heterocycles. The van der Waals surface area contributed by atoms with Gasteiger partial charge in [0.05, 0.1) is 13.7 Å². The van der Waals surface area contributed by atoms with Crippen molar-refractivity contribution in [2.24, 2.45) is 0 Å². The van der Waals surface area contributed by atoms with E-state index in [4.69, 9.17) is 21.1 Å². The van der Waals surface area contributed by atoms with Crippen LogP contribution in [0.1, 0.15) is 12.5 Å². The van der Waals surface area contributed by atoms with Crippen LogP contribution < -0.4 is 14.8 Å². The summed E-state index contributed by atoms with van der Waals surface area (Å²) in [6.45, 7) is 2.18. The second-order valence-electron chi connectivity index (χ2n) is 6.20. The minimum absolute atomic E-state index is 0.0521. The van der Waals surface area contributed by atoms with E-state index in [0.29, 0.717) is 35.2 Å². The number of likely N-dealkylation sites (N-methyl/N-ethyl adjacent to an activating group) is 1. The fourth-order valence-electron chi connectivity index (χ4n) is 2.98. The SMILES string of the molecule is CCN(CC(=O)Nc1cccc(OC)c1)C(=O)C1Cc2cc(Cl)ccc2O1.